The summed E-state index contributed by atoms with van der Waals surface area (Å²) in [4.78, 5) is 2.25. The molecule has 1 aliphatic carbocycles. The summed E-state index contributed by atoms with van der Waals surface area (Å²) in [5.41, 5.74) is -2.41. The molecule has 2 aromatic carbocycles. The van der Waals surface area contributed by atoms with Gasteiger partial charge in [-0.15, -0.1) is 0 Å². The lowest BCUT2D eigenvalue weighted by molar-refractivity contribution is -0.258. The molecule has 0 aromatic heterocycles. The molecule has 0 spiro atoms. The van der Waals surface area contributed by atoms with Gasteiger partial charge in [-0.1, -0.05) is 54.7 Å². The Labute approximate surface area is 218 Å². The van der Waals surface area contributed by atoms with E-state index in [0.29, 0.717) is 29.5 Å². The SMILES string of the molecule is CC(O)(c1ccc(N2CCN(S(=O)(=O)C3=CC=CCC3=S)C[C@H]2Cc2ccccc2F)cc1)C(F)(F)F. The molecule has 0 radical (unpaired) electrons. The van der Waals surface area contributed by atoms with E-state index in [1.54, 1.807) is 30.4 Å². The summed E-state index contributed by atoms with van der Waals surface area (Å²) in [6.07, 6.45) is 0.570. The van der Waals surface area contributed by atoms with Gasteiger partial charge in [-0.2, -0.15) is 17.5 Å². The van der Waals surface area contributed by atoms with Crippen LogP contribution in [0.4, 0.5) is 23.2 Å². The van der Waals surface area contributed by atoms with Crippen LogP contribution < -0.4 is 4.90 Å². The van der Waals surface area contributed by atoms with Crippen LogP contribution in [0.3, 0.4) is 0 Å². The van der Waals surface area contributed by atoms with Gasteiger partial charge in [0.25, 0.3) is 0 Å². The van der Waals surface area contributed by atoms with Crippen molar-refractivity contribution in [3.05, 3.63) is 88.6 Å². The summed E-state index contributed by atoms with van der Waals surface area (Å²) < 4.78 is 82.5. The molecular weight excluding hydrogens is 528 g/mol. The van der Waals surface area contributed by atoms with Crippen molar-refractivity contribution in [2.75, 3.05) is 24.5 Å². The fraction of sp³-hybridized carbons (Fsp3) is 0.346. The molecule has 37 heavy (non-hydrogen) atoms. The number of nitrogens with zero attached hydrogens (tertiary/aromatic N) is 2. The monoisotopic (exact) mass is 554 g/mol. The topological polar surface area (TPSA) is 60.9 Å². The molecule has 4 rings (SSSR count). The number of hydrogen-bond donors (Lipinski definition) is 1. The summed E-state index contributed by atoms with van der Waals surface area (Å²) in [6.45, 7) is 1.06. The van der Waals surface area contributed by atoms with Crippen molar-refractivity contribution in [2.45, 2.75) is 37.6 Å². The van der Waals surface area contributed by atoms with Gasteiger partial charge in [-0.3, -0.25) is 0 Å². The molecule has 0 saturated carbocycles. The number of anilines is 1. The highest BCUT2D eigenvalue weighted by molar-refractivity contribution is 7.96. The van der Waals surface area contributed by atoms with Gasteiger partial charge in [-0.05, 0) is 48.7 Å². The highest BCUT2D eigenvalue weighted by Gasteiger charge is 2.51. The molecule has 2 atom stereocenters. The van der Waals surface area contributed by atoms with E-state index in [4.69, 9.17) is 12.2 Å². The average molecular weight is 555 g/mol. The molecule has 2 aromatic rings. The summed E-state index contributed by atoms with van der Waals surface area (Å²) in [5.74, 6) is -0.430. The van der Waals surface area contributed by atoms with Crippen molar-refractivity contribution in [3.8, 4) is 0 Å². The molecule has 0 amide bonds. The van der Waals surface area contributed by atoms with Gasteiger partial charge < -0.3 is 10.0 Å². The van der Waals surface area contributed by atoms with E-state index in [9.17, 15) is 31.1 Å². The van der Waals surface area contributed by atoms with E-state index in [1.165, 1.54) is 40.7 Å². The highest BCUT2D eigenvalue weighted by Crippen LogP contribution is 2.39. The van der Waals surface area contributed by atoms with Gasteiger partial charge in [0.2, 0.25) is 10.0 Å². The van der Waals surface area contributed by atoms with Crippen molar-refractivity contribution >= 4 is 32.8 Å². The van der Waals surface area contributed by atoms with E-state index in [2.05, 4.69) is 0 Å². The Morgan fingerprint density at radius 1 is 1.08 bits per heavy atom. The van der Waals surface area contributed by atoms with Crippen molar-refractivity contribution < 1.29 is 31.1 Å². The van der Waals surface area contributed by atoms with Crippen molar-refractivity contribution in [3.63, 3.8) is 0 Å². The molecule has 1 heterocycles. The number of allylic oxidation sites excluding steroid dienone is 4. The number of piperazine rings is 1. The number of alkyl halides is 3. The lowest BCUT2D eigenvalue weighted by atomic mass is 9.94. The van der Waals surface area contributed by atoms with Gasteiger partial charge in [0.05, 0.1) is 4.91 Å². The Balaban J connectivity index is 1.65. The van der Waals surface area contributed by atoms with Gasteiger partial charge in [0.15, 0.2) is 5.60 Å². The highest BCUT2D eigenvalue weighted by atomic mass is 32.2. The number of halogens is 4. The Kier molecular flexibility index (Phi) is 7.62. The number of benzene rings is 2. The molecule has 1 N–H and O–H groups in total. The Hall–Kier alpha value is -2.60. The third-order valence-corrected chi connectivity index (χ3v) is 9.22. The first-order valence-electron chi connectivity index (χ1n) is 11.6. The van der Waals surface area contributed by atoms with Gasteiger partial charge in [0, 0.05) is 42.6 Å². The van der Waals surface area contributed by atoms with Crippen molar-refractivity contribution in [1.29, 1.82) is 0 Å². The molecule has 198 valence electrons. The van der Waals surface area contributed by atoms with Crippen LogP contribution in [0, 0.1) is 5.82 Å². The second-order valence-corrected chi connectivity index (χ2v) is 11.6. The maximum Gasteiger partial charge on any atom is 0.421 e. The minimum Gasteiger partial charge on any atom is -0.376 e. The summed E-state index contributed by atoms with van der Waals surface area (Å²) in [7, 11) is -3.89. The molecule has 1 fully saturated rings. The normalized spacial score (nSPS) is 21.0. The Morgan fingerprint density at radius 3 is 2.38 bits per heavy atom. The summed E-state index contributed by atoms with van der Waals surface area (Å²) >= 11 is 5.28. The predicted octanol–water partition coefficient (Wildman–Crippen LogP) is 4.87. The largest absolute Gasteiger partial charge is 0.421 e. The van der Waals surface area contributed by atoms with Crippen LogP contribution in [0.15, 0.2) is 71.7 Å². The number of sulfonamides is 1. The van der Waals surface area contributed by atoms with E-state index in [0.717, 1.165) is 0 Å². The van der Waals surface area contributed by atoms with Crippen LogP contribution in [0.5, 0.6) is 0 Å². The second kappa shape index (κ2) is 10.3. The summed E-state index contributed by atoms with van der Waals surface area (Å²) in [6, 6.07) is 11.0. The third-order valence-electron chi connectivity index (χ3n) is 6.75. The number of hydrogen-bond acceptors (Lipinski definition) is 5. The molecule has 1 unspecified atom stereocenters. The number of thiocarbonyl (C=S) groups is 1. The fourth-order valence-corrected chi connectivity index (χ4v) is 6.58. The fourth-order valence-electron chi connectivity index (χ4n) is 4.51. The van der Waals surface area contributed by atoms with Crippen molar-refractivity contribution in [1.82, 2.24) is 4.31 Å². The van der Waals surface area contributed by atoms with E-state index in [-0.39, 0.29) is 36.5 Å². The van der Waals surface area contributed by atoms with Crippen LogP contribution in [-0.4, -0.2) is 54.5 Å². The first kappa shape index (κ1) is 27.4. The van der Waals surface area contributed by atoms with Crippen LogP contribution in [0.2, 0.25) is 0 Å². The zero-order valence-electron chi connectivity index (χ0n) is 20.0. The lowest BCUT2D eigenvalue weighted by Crippen LogP contribution is -2.56. The second-order valence-electron chi connectivity index (χ2n) is 9.21. The number of aliphatic hydroxyl groups is 1. The van der Waals surface area contributed by atoms with Gasteiger partial charge in [0.1, 0.15) is 5.82 Å². The zero-order chi connectivity index (χ0) is 27.0. The molecular formula is C26H26F4N2O3S2. The molecule has 2 aliphatic rings. The smallest absolute Gasteiger partial charge is 0.376 e. The summed E-state index contributed by atoms with van der Waals surface area (Å²) in [5, 5.41) is 10.00. The third kappa shape index (κ3) is 5.50. The molecule has 0 bridgehead atoms. The quantitative estimate of drug-likeness (QED) is 0.408. The molecule has 1 saturated heterocycles. The molecule has 1 aliphatic heterocycles. The predicted molar refractivity (Wildman–Crippen MR) is 138 cm³/mol. The minimum absolute atomic E-state index is 0.0301. The molecule has 5 nitrogen and oxygen atoms in total. The van der Waals surface area contributed by atoms with Crippen LogP contribution >= 0.6 is 12.2 Å². The minimum atomic E-state index is -4.86. The van der Waals surface area contributed by atoms with Crippen LogP contribution in [0.1, 0.15) is 24.5 Å². The maximum atomic E-state index is 14.5. The zero-order valence-corrected chi connectivity index (χ0v) is 21.6. The first-order chi connectivity index (χ1) is 17.3. The standard InChI is InChI=1S/C26H26F4N2O3S2/c1-25(33,26(28,29)30)19-10-12-20(13-11-19)32-15-14-31(37(34,35)24-9-5-4-8-23(24)36)17-21(32)16-18-6-2-3-7-22(18)27/h2-7,9-13,21,33H,8,14-17H2,1H3/t21-,25?/m1/s1. The van der Waals surface area contributed by atoms with E-state index in [1.807, 2.05) is 4.90 Å². The van der Waals surface area contributed by atoms with Crippen LogP contribution in [0.25, 0.3) is 0 Å². The van der Waals surface area contributed by atoms with E-state index < -0.39 is 33.7 Å². The molecule has 11 heteroatoms. The van der Waals surface area contributed by atoms with Crippen LogP contribution in [-0.2, 0) is 22.0 Å². The Bertz CT molecular complexity index is 1340. The van der Waals surface area contributed by atoms with Gasteiger partial charge in [-0.25, -0.2) is 12.8 Å². The van der Waals surface area contributed by atoms with E-state index >= 15 is 0 Å². The number of rotatable bonds is 6. The lowest BCUT2D eigenvalue weighted by Gasteiger charge is -2.43. The maximum absolute atomic E-state index is 14.5. The van der Waals surface area contributed by atoms with Crippen molar-refractivity contribution in [2.24, 2.45) is 0 Å². The van der Waals surface area contributed by atoms with Gasteiger partial charge >= 0.3 is 6.18 Å². The first-order valence-corrected chi connectivity index (χ1v) is 13.5. The average Bonchev–Trinajstić information content (AvgIpc) is 2.85. The Morgan fingerprint density at radius 2 is 1.76 bits per heavy atom.